The van der Waals surface area contributed by atoms with Crippen molar-refractivity contribution < 1.29 is 37.3 Å². The van der Waals surface area contributed by atoms with Crippen LogP contribution in [0.25, 0.3) is 0 Å². The standard InChI is InChI=1S/C2H4O2.Ni.2H2O/c1-2(3)4;;;/h1H3,(H,3,4);;2*1H2/q;+2;;/p-1. The van der Waals surface area contributed by atoms with Crippen molar-refractivity contribution in [3.05, 3.63) is 0 Å². The van der Waals surface area contributed by atoms with Crippen LogP contribution in [-0.4, -0.2) is 16.9 Å². The van der Waals surface area contributed by atoms with Gasteiger partial charge in [0, 0.05) is 5.97 Å². The molecule has 0 rings (SSSR count). The largest absolute Gasteiger partial charge is 2.00 e. The van der Waals surface area contributed by atoms with E-state index in [4.69, 9.17) is 9.90 Å². The quantitative estimate of drug-likeness (QED) is 0.349. The summed E-state index contributed by atoms with van der Waals surface area (Å²) >= 11 is 0. The Labute approximate surface area is 51.1 Å². The average Bonchev–Trinajstić information content (AvgIpc) is 0.811. The predicted octanol–water partition coefficient (Wildman–Crippen LogP) is -2.90. The fraction of sp³-hybridized carbons (Fsp3) is 0.500. The number of hydrogen-bond donors (Lipinski definition) is 0. The zero-order valence-electron chi connectivity index (χ0n) is 3.63. The fourth-order valence-electron chi connectivity index (χ4n) is 0. The molecule has 0 aromatic carbocycles. The Hall–Kier alpha value is -0.116. The SMILES string of the molecule is CC(=O)[O-].O.O.[Ni+2]. The third-order valence-electron chi connectivity index (χ3n) is 0. The molecule has 4 nitrogen and oxygen atoms in total. The number of carbonyl (C=O) groups excluding carboxylic acids is 1. The molecule has 0 aromatic heterocycles. The Balaban J connectivity index is -0.0000000150. The molecular weight excluding hydrogens is 147 g/mol. The van der Waals surface area contributed by atoms with Crippen molar-refractivity contribution in [3.63, 3.8) is 0 Å². The summed E-state index contributed by atoms with van der Waals surface area (Å²) in [6.45, 7) is 0.972. The van der Waals surface area contributed by atoms with E-state index in [2.05, 4.69) is 0 Å². The van der Waals surface area contributed by atoms with Crippen LogP contribution in [0.1, 0.15) is 6.92 Å². The first-order valence-electron chi connectivity index (χ1n) is 0.908. The van der Waals surface area contributed by atoms with Gasteiger partial charge in [0.2, 0.25) is 0 Å². The van der Waals surface area contributed by atoms with Crippen molar-refractivity contribution >= 4 is 5.97 Å². The minimum absolute atomic E-state index is 0. The van der Waals surface area contributed by atoms with Gasteiger partial charge in [-0.3, -0.25) is 0 Å². The molecule has 0 unspecified atom stereocenters. The van der Waals surface area contributed by atoms with E-state index in [9.17, 15) is 0 Å². The van der Waals surface area contributed by atoms with E-state index in [1.54, 1.807) is 0 Å². The summed E-state index contributed by atoms with van der Waals surface area (Å²) in [6.07, 6.45) is 0. The van der Waals surface area contributed by atoms with E-state index in [-0.39, 0.29) is 27.4 Å². The number of rotatable bonds is 0. The minimum atomic E-state index is -1.08. The maximum absolute atomic E-state index is 8.89. The molecule has 0 amide bonds. The van der Waals surface area contributed by atoms with Gasteiger partial charge in [-0.05, 0) is 6.92 Å². The number of carboxylic acids is 1. The van der Waals surface area contributed by atoms with E-state index < -0.39 is 5.97 Å². The number of carboxylic acid groups (broad SMARTS) is 1. The number of hydrogen-bond acceptors (Lipinski definition) is 2. The van der Waals surface area contributed by atoms with Crippen molar-refractivity contribution in [1.82, 2.24) is 0 Å². The second-order valence-corrected chi connectivity index (χ2v) is 0.492. The van der Waals surface area contributed by atoms with Crippen LogP contribution in [0.2, 0.25) is 0 Å². The smallest absolute Gasteiger partial charge is 0.550 e. The van der Waals surface area contributed by atoms with Crippen LogP contribution in [-0.2, 0) is 21.3 Å². The molecule has 0 atom stereocenters. The van der Waals surface area contributed by atoms with Crippen LogP contribution in [0.3, 0.4) is 0 Å². The zero-order valence-corrected chi connectivity index (χ0v) is 4.62. The van der Waals surface area contributed by atoms with Gasteiger partial charge >= 0.3 is 16.5 Å². The molecule has 0 spiro atoms. The topological polar surface area (TPSA) is 103 Å². The van der Waals surface area contributed by atoms with Gasteiger partial charge in [-0.25, -0.2) is 0 Å². The van der Waals surface area contributed by atoms with E-state index in [0.29, 0.717) is 0 Å². The van der Waals surface area contributed by atoms with Crippen molar-refractivity contribution in [1.29, 1.82) is 0 Å². The Kier molecular flexibility index (Phi) is 69.1. The third-order valence-corrected chi connectivity index (χ3v) is 0. The van der Waals surface area contributed by atoms with Crippen LogP contribution in [0, 0.1) is 0 Å². The number of carbonyl (C=O) groups is 1. The van der Waals surface area contributed by atoms with Gasteiger partial charge in [-0.2, -0.15) is 0 Å². The van der Waals surface area contributed by atoms with E-state index >= 15 is 0 Å². The predicted molar refractivity (Wildman–Crippen MR) is 17.9 cm³/mol. The van der Waals surface area contributed by atoms with Gasteiger partial charge in [0.05, 0.1) is 0 Å². The average molecular weight is 154 g/mol. The molecule has 0 fully saturated rings. The van der Waals surface area contributed by atoms with Crippen molar-refractivity contribution in [2.45, 2.75) is 6.92 Å². The van der Waals surface area contributed by atoms with Crippen molar-refractivity contribution in [3.8, 4) is 0 Å². The molecule has 7 heavy (non-hydrogen) atoms. The van der Waals surface area contributed by atoms with Crippen LogP contribution < -0.4 is 5.11 Å². The Bertz CT molecular complexity index is 32.7. The van der Waals surface area contributed by atoms with Crippen LogP contribution in [0.5, 0.6) is 0 Å². The fourth-order valence-corrected chi connectivity index (χ4v) is 0. The van der Waals surface area contributed by atoms with Crippen LogP contribution in [0.15, 0.2) is 0 Å². The van der Waals surface area contributed by atoms with E-state index in [1.807, 2.05) is 0 Å². The molecule has 0 aliphatic rings. The molecule has 0 heterocycles. The molecule has 0 saturated carbocycles. The van der Waals surface area contributed by atoms with Gasteiger partial charge < -0.3 is 20.9 Å². The molecule has 4 N–H and O–H groups in total. The van der Waals surface area contributed by atoms with Gasteiger partial charge in [-0.1, -0.05) is 0 Å². The normalized spacial score (nSPS) is 3.57. The summed E-state index contributed by atoms with van der Waals surface area (Å²) in [5, 5.41) is 8.89. The summed E-state index contributed by atoms with van der Waals surface area (Å²) < 4.78 is 0. The van der Waals surface area contributed by atoms with Gasteiger partial charge in [0.25, 0.3) is 0 Å². The summed E-state index contributed by atoms with van der Waals surface area (Å²) in [4.78, 5) is 8.89. The van der Waals surface area contributed by atoms with E-state index in [0.717, 1.165) is 6.92 Å². The van der Waals surface area contributed by atoms with Crippen molar-refractivity contribution in [2.75, 3.05) is 0 Å². The monoisotopic (exact) mass is 153 g/mol. The Morgan fingerprint density at radius 2 is 1.43 bits per heavy atom. The molecule has 0 aliphatic carbocycles. The Morgan fingerprint density at radius 1 is 1.43 bits per heavy atom. The summed E-state index contributed by atoms with van der Waals surface area (Å²) in [6, 6.07) is 0. The molecule has 0 bridgehead atoms. The van der Waals surface area contributed by atoms with Crippen molar-refractivity contribution in [2.24, 2.45) is 0 Å². The summed E-state index contributed by atoms with van der Waals surface area (Å²) in [5.41, 5.74) is 0. The minimum Gasteiger partial charge on any atom is -0.550 e. The molecule has 0 aliphatic heterocycles. The van der Waals surface area contributed by atoms with Gasteiger partial charge in [0.15, 0.2) is 0 Å². The molecule has 0 saturated heterocycles. The maximum atomic E-state index is 8.89. The van der Waals surface area contributed by atoms with E-state index in [1.165, 1.54) is 0 Å². The second-order valence-electron chi connectivity index (χ2n) is 0.492. The zero-order chi connectivity index (χ0) is 3.58. The molecular formula is C2H7NiO4+. The molecule has 48 valence electrons. The molecule has 5 heteroatoms. The third kappa shape index (κ3) is 6540. The summed E-state index contributed by atoms with van der Waals surface area (Å²) in [5.74, 6) is -1.08. The first-order valence-corrected chi connectivity index (χ1v) is 0.908. The summed E-state index contributed by atoms with van der Waals surface area (Å²) in [7, 11) is 0. The second kappa shape index (κ2) is 16.9. The first kappa shape index (κ1) is 28.7. The van der Waals surface area contributed by atoms with Gasteiger partial charge in [-0.15, -0.1) is 0 Å². The Morgan fingerprint density at radius 3 is 1.43 bits per heavy atom. The van der Waals surface area contributed by atoms with Crippen LogP contribution in [0.4, 0.5) is 0 Å². The van der Waals surface area contributed by atoms with Gasteiger partial charge in [0.1, 0.15) is 0 Å². The molecule has 0 aromatic rings. The number of aliphatic carboxylic acids is 1. The maximum Gasteiger partial charge on any atom is 2.00 e. The first-order chi connectivity index (χ1) is 1.73. The molecule has 0 radical (unpaired) electrons. The van der Waals surface area contributed by atoms with Crippen LogP contribution >= 0.6 is 0 Å².